The molecule has 4 heterocycles. The minimum absolute atomic E-state index is 0.00273. The Hall–Kier alpha value is -3.22. The van der Waals surface area contributed by atoms with Gasteiger partial charge in [-0.05, 0) is 49.2 Å². The Bertz CT molecular complexity index is 1170. The number of aromatic nitrogens is 5. The lowest BCUT2D eigenvalue weighted by Crippen LogP contribution is -2.41. The number of fused-ring (bicyclic) bond motifs is 2. The fraction of sp³-hybridized carbons (Fsp3) is 0.263. The molecule has 0 bridgehead atoms. The van der Waals surface area contributed by atoms with Crippen molar-refractivity contribution < 1.29 is 0 Å². The zero-order valence-electron chi connectivity index (χ0n) is 14.3. The fourth-order valence-corrected chi connectivity index (χ4v) is 3.68. The molecular formula is C19H18N6O. The highest BCUT2D eigenvalue weighted by molar-refractivity contribution is 5.75. The Morgan fingerprint density at radius 3 is 2.73 bits per heavy atom. The molecule has 4 aromatic rings. The zero-order valence-corrected chi connectivity index (χ0v) is 14.3. The first-order valence-corrected chi connectivity index (χ1v) is 8.71. The van der Waals surface area contributed by atoms with Crippen LogP contribution in [0.5, 0.6) is 0 Å². The molecular weight excluding hydrogens is 328 g/mol. The van der Waals surface area contributed by atoms with Crippen LogP contribution in [0.2, 0.25) is 0 Å². The second-order valence-electron chi connectivity index (χ2n) is 6.76. The molecule has 1 saturated carbocycles. The number of hydrogen-bond donors (Lipinski definition) is 1. The van der Waals surface area contributed by atoms with Gasteiger partial charge < -0.3 is 5.32 Å². The summed E-state index contributed by atoms with van der Waals surface area (Å²) in [5.41, 5.74) is 3.40. The summed E-state index contributed by atoms with van der Waals surface area (Å²) >= 11 is 0. The summed E-state index contributed by atoms with van der Waals surface area (Å²) < 4.78 is 3.49. The van der Waals surface area contributed by atoms with E-state index in [0.717, 1.165) is 40.9 Å². The molecule has 0 unspecified atom stereocenters. The van der Waals surface area contributed by atoms with Crippen LogP contribution >= 0.6 is 0 Å². The smallest absolute Gasteiger partial charge is 0.330 e. The normalized spacial score (nSPS) is 19.6. The predicted molar refractivity (Wildman–Crippen MR) is 100 cm³/mol. The van der Waals surface area contributed by atoms with Gasteiger partial charge in [0.05, 0.1) is 16.6 Å². The second kappa shape index (κ2) is 5.66. The topological polar surface area (TPSA) is 77.6 Å². The van der Waals surface area contributed by atoms with Gasteiger partial charge in [-0.1, -0.05) is 0 Å². The molecule has 1 aliphatic carbocycles. The standard InChI is InChI=1S/C19H18N6O/c1-24-16-5-3-9-21-18(16)25(19(24)26)13-10-12(11-13)22-17-7-6-14-15(23-17)4-2-8-20-14/h2-9,12-13H,10-11H2,1H3,(H,22,23)/t12-,13-. The van der Waals surface area contributed by atoms with Crippen LogP contribution < -0.4 is 11.0 Å². The largest absolute Gasteiger partial charge is 0.367 e. The molecule has 0 atom stereocenters. The second-order valence-corrected chi connectivity index (χ2v) is 6.76. The van der Waals surface area contributed by atoms with Gasteiger partial charge in [0.25, 0.3) is 0 Å². The maximum atomic E-state index is 12.6. The van der Waals surface area contributed by atoms with E-state index in [0.29, 0.717) is 6.04 Å². The van der Waals surface area contributed by atoms with Crippen LogP contribution in [-0.2, 0) is 7.05 Å². The quantitative estimate of drug-likeness (QED) is 0.617. The van der Waals surface area contributed by atoms with Crippen molar-refractivity contribution in [3.63, 3.8) is 0 Å². The molecule has 0 saturated heterocycles. The van der Waals surface area contributed by atoms with Gasteiger partial charge in [-0.15, -0.1) is 0 Å². The molecule has 7 heteroatoms. The number of imidazole rings is 1. The third kappa shape index (κ3) is 2.28. The van der Waals surface area contributed by atoms with Crippen molar-refractivity contribution in [3.8, 4) is 0 Å². The molecule has 1 N–H and O–H groups in total. The number of aryl methyl sites for hydroxylation is 1. The van der Waals surface area contributed by atoms with Gasteiger partial charge >= 0.3 is 5.69 Å². The minimum Gasteiger partial charge on any atom is -0.367 e. The van der Waals surface area contributed by atoms with E-state index in [9.17, 15) is 4.79 Å². The highest BCUT2D eigenvalue weighted by Crippen LogP contribution is 2.35. The molecule has 0 radical (unpaired) electrons. The Morgan fingerprint density at radius 2 is 1.85 bits per heavy atom. The molecule has 0 amide bonds. The molecule has 26 heavy (non-hydrogen) atoms. The van der Waals surface area contributed by atoms with Crippen LogP contribution in [0.25, 0.3) is 22.2 Å². The van der Waals surface area contributed by atoms with Crippen molar-refractivity contribution in [2.45, 2.75) is 24.9 Å². The van der Waals surface area contributed by atoms with Gasteiger partial charge in [-0.3, -0.25) is 14.1 Å². The number of hydrogen-bond acceptors (Lipinski definition) is 5. The maximum Gasteiger partial charge on any atom is 0.330 e. The summed E-state index contributed by atoms with van der Waals surface area (Å²) in [4.78, 5) is 25.9. The lowest BCUT2D eigenvalue weighted by atomic mass is 9.86. The molecule has 0 aliphatic heterocycles. The highest BCUT2D eigenvalue weighted by Gasteiger charge is 2.33. The first-order chi connectivity index (χ1) is 12.7. The third-order valence-electron chi connectivity index (χ3n) is 5.14. The van der Waals surface area contributed by atoms with Crippen molar-refractivity contribution in [2.75, 3.05) is 5.32 Å². The van der Waals surface area contributed by atoms with E-state index in [2.05, 4.69) is 20.3 Å². The van der Waals surface area contributed by atoms with Gasteiger partial charge in [0.2, 0.25) is 0 Å². The summed E-state index contributed by atoms with van der Waals surface area (Å²) in [6.45, 7) is 0. The zero-order chi connectivity index (χ0) is 17.7. The number of pyridine rings is 3. The molecule has 5 rings (SSSR count). The van der Waals surface area contributed by atoms with Crippen molar-refractivity contribution in [1.29, 1.82) is 0 Å². The maximum absolute atomic E-state index is 12.6. The van der Waals surface area contributed by atoms with Gasteiger partial charge in [-0.25, -0.2) is 14.8 Å². The van der Waals surface area contributed by atoms with E-state index >= 15 is 0 Å². The van der Waals surface area contributed by atoms with E-state index in [4.69, 9.17) is 0 Å². The first-order valence-electron chi connectivity index (χ1n) is 8.71. The first kappa shape index (κ1) is 15.1. The number of nitrogens with zero attached hydrogens (tertiary/aromatic N) is 5. The SMILES string of the molecule is Cn1c(=O)n([C@H]2C[C@H](Nc3ccc4ncccc4n3)C2)c2ncccc21. The lowest BCUT2D eigenvalue weighted by molar-refractivity contribution is 0.280. The Morgan fingerprint density at radius 1 is 1.04 bits per heavy atom. The Balaban J connectivity index is 1.36. The minimum atomic E-state index is -0.00273. The molecule has 7 nitrogen and oxygen atoms in total. The Kier molecular flexibility index (Phi) is 3.28. The summed E-state index contributed by atoms with van der Waals surface area (Å²) in [6.07, 6.45) is 5.26. The van der Waals surface area contributed by atoms with Gasteiger partial charge in [-0.2, -0.15) is 0 Å². The number of nitrogens with one attached hydrogen (secondary N) is 1. The van der Waals surface area contributed by atoms with Crippen LogP contribution in [0.15, 0.2) is 53.6 Å². The van der Waals surface area contributed by atoms with Crippen LogP contribution in [0.1, 0.15) is 18.9 Å². The average molecular weight is 346 g/mol. The van der Waals surface area contributed by atoms with E-state index in [1.807, 2.05) is 41.0 Å². The fourth-order valence-electron chi connectivity index (χ4n) is 3.68. The van der Waals surface area contributed by atoms with Crippen LogP contribution in [0, 0.1) is 0 Å². The van der Waals surface area contributed by atoms with E-state index < -0.39 is 0 Å². The van der Waals surface area contributed by atoms with Crippen LogP contribution in [-0.4, -0.2) is 30.1 Å². The van der Waals surface area contributed by atoms with E-state index in [-0.39, 0.29) is 11.7 Å². The predicted octanol–water partition coefficient (Wildman–Crippen LogP) is 2.49. The van der Waals surface area contributed by atoms with E-state index in [1.165, 1.54) is 0 Å². The molecule has 0 spiro atoms. The number of rotatable bonds is 3. The summed E-state index contributed by atoms with van der Waals surface area (Å²) in [5, 5.41) is 3.46. The van der Waals surface area contributed by atoms with Gasteiger partial charge in [0.1, 0.15) is 5.82 Å². The molecule has 4 aromatic heterocycles. The third-order valence-corrected chi connectivity index (χ3v) is 5.14. The van der Waals surface area contributed by atoms with Gasteiger partial charge in [0.15, 0.2) is 5.65 Å². The van der Waals surface area contributed by atoms with E-state index in [1.54, 1.807) is 24.0 Å². The molecule has 1 fully saturated rings. The molecule has 130 valence electrons. The lowest BCUT2D eigenvalue weighted by Gasteiger charge is -2.36. The van der Waals surface area contributed by atoms with Gasteiger partial charge in [0, 0.05) is 31.5 Å². The van der Waals surface area contributed by atoms with Crippen molar-refractivity contribution in [3.05, 3.63) is 59.3 Å². The average Bonchev–Trinajstić information content (AvgIpc) is 2.89. The summed E-state index contributed by atoms with van der Waals surface area (Å²) in [7, 11) is 1.80. The number of anilines is 1. The van der Waals surface area contributed by atoms with Crippen molar-refractivity contribution in [1.82, 2.24) is 24.1 Å². The van der Waals surface area contributed by atoms with Crippen LogP contribution in [0.4, 0.5) is 5.82 Å². The van der Waals surface area contributed by atoms with Crippen molar-refractivity contribution >= 4 is 28.0 Å². The molecule has 1 aliphatic rings. The highest BCUT2D eigenvalue weighted by atomic mass is 16.1. The van der Waals surface area contributed by atoms with Crippen molar-refractivity contribution in [2.24, 2.45) is 7.05 Å². The Labute approximate surface area is 149 Å². The summed E-state index contributed by atoms with van der Waals surface area (Å²) in [6, 6.07) is 12.0. The monoisotopic (exact) mass is 346 g/mol. The molecule has 0 aromatic carbocycles. The summed E-state index contributed by atoms with van der Waals surface area (Å²) in [5.74, 6) is 0.845. The van der Waals surface area contributed by atoms with Crippen LogP contribution in [0.3, 0.4) is 0 Å².